The van der Waals surface area contributed by atoms with Crippen molar-refractivity contribution in [2.45, 2.75) is 25.3 Å². The number of hydrogen-bond donors (Lipinski definition) is 0. The second kappa shape index (κ2) is 5.59. The molecule has 1 aromatic heterocycles. The molecule has 5 heteroatoms. The molecule has 4 nitrogen and oxygen atoms in total. The van der Waals surface area contributed by atoms with Gasteiger partial charge < -0.3 is 4.90 Å². The minimum atomic E-state index is 0.0641. The normalized spacial score (nSPS) is 24.1. The zero-order valence-electron chi connectivity index (χ0n) is 10.9. The first-order chi connectivity index (χ1) is 9.24. The molecule has 1 amide bonds. The number of amides is 1. The third-order valence-electron chi connectivity index (χ3n) is 4.05. The quantitative estimate of drug-likeness (QED) is 0.836. The molecule has 2 fully saturated rings. The Kier molecular flexibility index (Phi) is 3.84. The van der Waals surface area contributed by atoms with Gasteiger partial charge in [-0.05, 0) is 60.4 Å². The Hall–Kier alpha value is -0.940. The number of rotatable bonds is 2. The molecule has 0 spiro atoms. The summed E-state index contributed by atoms with van der Waals surface area (Å²) >= 11 is 3.34. The van der Waals surface area contributed by atoms with Gasteiger partial charge in [0, 0.05) is 29.8 Å². The highest BCUT2D eigenvalue weighted by atomic mass is 79.9. The van der Waals surface area contributed by atoms with Crippen LogP contribution in [0.25, 0.3) is 0 Å². The van der Waals surface area contributed by atoms with E-state index in [-0.39, 0.29) is 5.91 Å². The lowest BCUT2D eigenvalue weighted by Crippen LogP contribution is -2.37. The Morgan fingerprint density at radius 2 is 2.05 bits per heavy atom. The van der Waals surface area contributed by atoms with Gasteiger partial charge in [0.05, 0.1) is 0 Å². The average molecular weight is 324 g/mol. The Bertz CT molecular complexity index is 456. The summed E-state index contributed by atoms with van der Waals surface area (Å²) in [7, 11) is 0. The Balaban J connectivity index is 1.63. The molecule has 19 heavy (non-hydrogen) atoms. The Morgan fingerprint density at radius 1 is 1.26 bits per heavy atom. The largest absolute Gasteiger partial charge is 0.336 e. The number of halogens is 1. The molecule has 3 rings (SSSR count). The first-order valence-corrected chi connectivity index (χ1v) is 7.68. The summed E-state index contributed by atoms with van der Waals surface area (Å²) in [6, 6.07) is 4.21. The van der Waals surface area contributed by atoms with Crippen molar-refractivity contribution in [3.63, 3.8) is 0 Å². The minimum Gasteiger partial charge on any atom is -0.336 e. The molecule has 2 aliphatic rings. The zero-order chi connectivity index (χ0) is 13.2. The van der Waals surface area contributed by atoms with Crippen LogP contribution in [0.5, 0.6) is 0 Å². The van der Waals surface area contributed by atoms with E-state index in [2.05, 4.69) is 25.8 Å². The number of likely N-dealkylation sites (tertiary alicyclic amines) is 2. The van der Waals surface area contributed by atoms with Gasteiger partial charge >= 0.3 is 0 Å². The Morgan fingerprint density at radius 3 is 2.74 bits per heavy atom. The predicted molar refractivity (Wildman–Crippen MR) is 77.1 cm³/mol. The number of carbonyl (C=O) groups excluding carboxylic acids is 1. The van der Waals surface area contributed by atoms with E-state index in [0.717, 1.165) is 24.0 Å². The summed E-state index contributed by atoms with van der Waals surface area (Å²) in [5, 5.41) is 0. The van der Waals surface area contributed by atoms with Gasteiger partial charge in [0.2, 0.25) is 0 Å². The smallest absolute Gasteiger partial charge is 0.272 e. The summed E-state index contributed by atoms with van der Waals surface area (Å²) in [6.07, 6.45) is 5.39. The van der Waals surface area contributed by atoms with Crippen LogP contribution in [0.1, 0.15) is 29.8 Å². The van der Waals surface area contributed by atoms with E-state index in [1.54, 1.807) is 12.3 Å². The highest BCUT2D eigenvalue weighted by Crippen LogP contribution is 2.21. The van der Waals surface area contributed by atoms with E-state index in [9.17, 15) is 4.79 Å². The zero-order valence-corrected chi connectivity index (χ0v) is 12.5. The highest BCUT2D eigenvalue weighted by molar-refractivity contribution is 9.10. The van der Waals surface area contributed by atoms with Crippen molar-refractivity contribution in [2.75, 3.05) is 26.2 Å². The molecule has 1 unspecified atom stereocenters. The molecule has 102 valence electrons. The van der Waals surface area contributed by atoms with E-state index in [4.69, 9.17) is 0 Å². The summed E-state index contributed by atoms with van der Waals surface area (Å²) in [5.41, 5.74) is 0.547. The molecule has 0 saturated carbocycles. The first kappa shape index (κ1) is 13.1. The van der Waals surface area contributed by atoms with Gasteiger partial charge in [-0.2, -0.15) is 0 Å². The molecule has 0 aromatic carbocycles. The number of hydrogen-bond acceptors (Lipinski definition) is 3. The summed E-state index contributed by atoms with van der Waals surface area (Å²) in [6.45, 7) is 4.11. The molecule has 3 heterocycles. The van der Waals surface area contributed by atoms with E-state index >= 15 is 0 Å². The average Bonchev–Trinajstić information content (AvgIpc) is 3.10. The molecule has 0 aliphatic carbocycles. The van der Waals surface area contributed by atoms with E-state index in [1.807, 2.05) is 11.0 Å². The molecule has 0 radical (unpaired) electrons. The molecule has 2 aliphatic heterocycles. The SMILES string of the molecule is O=C(c1ccc(Br)cn1)N1CCC(N2CCCC2)C1. The fourth-order valence-electron chi connectivity index (χ4n) is 3.00. The standard InChI is InChI=1S/C14H18BrN3O/c15-11-3-4-13(16-9-11)14(19)18-8-5-12(10-18)17-6-1-2-7-17/h3-4,9,12H,1-2,5-8,10H2. The number of aromatic nitrogens is 1. The van der Waals surface area contributed by atoms with Crippen molar-refractivity contribution in [1.82, 2.24) is 14.8 Å². The van der Waals surface area contributed by atoms with Crippen LogP contribution < -0.4 is 0 Å². The van der Waals surface area contributed by atoms with Crippen LogP contribution >= 0.6 is 15.9 Å². The molecule has 0 N–H and O–H groups in total. The van der Waals surface area contributed by atoms with Crippen LogP contribution in [-0.2, 0) is 0 Å². The van der Waals surface area contributed by atoms with Crippen LogP contribution in [0.15, 0.2) is 22.8 Å². The fraction of sp³-hybridized carbons (Fsp3) is 0.571. The maximum Gasteiger partial charge on any atom is 0.272 e. The maximum absolute atomic E-state index is 12.3. The summed E-state index contributed by atoms with van der Waals surface area (Å²) in [4.78, 5) is 21.0. The summed E-state index contributed by atoms with van der Waals surface area (Å²) in [5.74, 6) is 0.0641. The molecule has 2 saturated heterocycles. The molecule has 0 bridgehead atoms. The molecule has 1 aromatic rings. The maximum atomic E-state index is 12.3. The number of nitrogens with zero attached hydrogens (tertiary/aromatic N) is 3. The summed E-state index contributed by atoms with van der Waals surface area (Å²) < 4.78 is 0.903. The van der Waals surface area contributed by atoms with Crippen LogP contribution in [0.3, 0.4) is 0 Å². The fourth-order valence-corrected chi connectivity index (χ4v) is 3.23. The van der Waals surface area contributed by atoms with Crippen molar-refractivity contribution >= 4 is 21.8 Å². The number of pyridine rings is 1. The van der Waals surface area contributed by atoms with Gasteiger partial charge in [-0.15, -0.1) is 0 Å². The van der Waals surface area contributed by atoms with Crippen molar-refractivity contribution in [2.24, 2.45) is 0 Å². The molecular weight excluding hydrogens is 306 g/mol. The van der Waals surface area contributed by atoms with E-state index in [0.29, 0.717) is 11.7 Å². The van der Waals surface area contributed by atoms with E-state index < -0.39 is 0 Å². The molecule has 1 atom stereocenters. The lowest BCUT2D eigenvalue weighted by atomic mass is 10.2. The monoisotopic (exact) mass is 323 g/mol. The van der Waals surface area contributed by atoms with Gasteiger partial charge in [0.1, 0.15) is 5.69 Å². The topological polar surface area (TPSA) is 36.4 Å². The second-order valence-electron chi connectivity index (χ2n) is 5.30. The van der Waals surface area contributed by atoms with Crippen LogP contribution in [0.2, 0.25) is 0 Å². The third-order valence-corrected chi connectivity index (χ3v) is 4.52. The second-order valence-corrected chi connectivity index (χ2v) is 6.21. The van der Waals surface area contributed by atoms with Crippen molar-refractivity contribution < 1.29 is 4.79 Å². The minimum absolute atomic E-state index is 0.0641. The van der Waals surface area contributed by atoms with E-state index in [1.165, 1.54) is 25.9 Å². The van der Waals surface area contributed by atoms with Gasteiger partial charge in [0.25, 0.3) is 5.91 Å². The van der Waals surface area contributed by atoms with Crippen LogP contribution in [-0.4, -0.2) is 52.9 Å². The third kappa shape index (κ3) is 2.82. The predicted octanol–water partition coefficient (Wildman–Crippen LogP) is 2.15. The highest BCUT2D eigenvalue weighted by Gasteiger charge is 2.32. The first-order valence-electron chi connectivity index (χ1n) is 6.89. The lowest BCUT2D eigenvalue weighted by Gasteiger charge is -2.23. The van der Waals surface area contributed by atoms with Gasteiger partial charge in [-0.25, -0.2) is 4.98 Å². The lowest BCUT2D eigenvalue weighted by molar-refractivity contribution is 0.0774. The van der Waals surface area contributed by atoms with Gasteiger partial charge in [-0.1, -0.05) is 0 Å². The van der Waals surface area contributed by atoms with Crippen molar-refractivity contribution in [1.29, 1.82) is 0 Å². The Labute approximate surface area is 121 Å². The number of carbonyl (C=O) groups is 1. The molecular formula is C14H18BrN3O. The van der Waals surface area contributed by atoms with Crippen molar-refractivity contribution in [3.8, 4) is 0 Å². The van der Waals surface area contributed by atoms with Crippen LogP contribution in [0, 0.1) is 0 Å². The van der Waals surface area contributed by atoms with Gasteiger partial charge in [0.15, 0.2) is 0 Å². The van der Waals surface area contributed by atoms with Gasteiger partial charge in [-0.3, -0.25) is 9.69 Å². The van der Waals surface area contributed by atoms with Crippen molar-refractivity contribution in [3.05, 3.63) is 28.5 Å². The van der Waals surface area contributed by atoms with Crippen LogP contribution in [0.4, 0.5) is 0 Å².